The maximum atomic E-state index is 9.39. The summed E-state index contributed by atoms with van der Waals surface area (Å²) in [6.07, 6.45) is 4.42. The first kappa shape index (κ1) is 15.0. The van der Waals surface area contributed by atoms with Crippen molar-refractivity contribution in [2.24, 2.45) is 0 Å². The van der Waals surface area contributed by atoms with E-state index in [9.17, 15) is 10.4 Å². The maximum Gasteiger partial charge on any atom is 0.138 e. The van der Waals surface area contributed by atoms with E-state index in [0.29, 0.717) is 16.8 Å². The summed E-state index contributed by atoms with van der Waals surface area (Å²) in [4.78, 5) is 4.31. The third-order valence-electron chi connectivity index (χ3n) is 3.42. The van der Waals surface area contributed by atoms with Crippen LogP contribution in [0.2, 0.25) is 0 Å². The fourth-order valence-electron chi connectivity index (χ4n) is 2.32. The van der Waals surface area contributed by atoms with Crippen LogP contribution < -0.4 is 4.74 Å². The number of rotatable bonds is 4. The molecule has 0 saturated heterocycles. The highest BCUT2D eigenvalue weighted by atomic mass is 16.5. The molecule has 0 radical (unpaired) electrons. The van der Waals surface area contributed by atoms with Crippen molar-refractivity contribution in [1.29, 1.82) is 5.26 Å². The Hall–Kier alpha value is -2.91. The smallest absolute Gasteiger partial charge is 0.138 e. The van der Waals surface area contributed by atoms with Gasteiger partial charge in [-0.15, -0.1) is 0 Å². The molecule has 0 aliphatic heterocycles. The molecule has 3 heterocycles. The Morgan fingerprint density at radius 1 is 1.39 bits per heavy atom. The van der Waals surface area contributed by atoms with Crippen LogP contribution in [0, 0.1) is 18.3 Å². The molecular weight excluding hydrogens is 292 g/mol. The fourth-order valence-corrected chi connectivity index (χ4v) is 2.32. The topological polar surface area (TPSA) is 83.4 Å². The van der Waals surface area contributed by atoms with Crippen LogP contribution in [0.15, 0.2) is 36.8 Å². The number of aryl methyl sites for hydroxylation is 1. The van der Waals surface area contributed by atoms with Crippen molar-refractivity contribution in [1.82, 2.24) is 14.6 Å². The van der Waals surface area contributed by atoms with E-state index >= 15 is 0 Å². The number of ether oxygens (including phenoxy) is 1. The van der Waals surface area contributed by atoms with E-state index in [0.717, 1.165) is 16.8 Å². The Morgan fingerprint density at radius 3 is 2.87 bits per heavy atom. The van der Waals surface area contributed by atoms with Crippen LogP contribution in [0.5, 0.6) is 5.75 Å². The maximum absolute atomic E-state index is 9.39. The second kappa shape index (κ2) is 6.07. The normalized spacial score (nSPS) is 12.1. The number of aromatic nitrogens is 3. The summed E-state index contributed by atoms with van der Waals surface area (Å²) in [5.41, 5.74) is 3.81. The SMILES string of the molecule is Cc1ccc(-c2cc(OC[C@@H](C)O)cn3ncc(C#N)c23)cn1. The van der Waals surface area contributed by atoms with E-state index in [-0.39, 0.29) is 6.61 Å². The molecule has 23 heavy (non-hydrogen) atoms. The molecule has 3 aromatic heterocycles. The van der Waals surface area contributed by atoms with Gasteiger partial charge in [0.2, 0.25) is 0 Å². The molecule has 0 unspecified atom stereocenters. The monoisotopic (exact) mass is 308 g/mol. The molecule has 0 aromatic carbocycles. The zero-order valence-electron chi connectivity index (χ0n) is 12.9. The van der Waals surface area contributed by atoms with Gasteiger partial charge in [0.05, 0.1) is 29.6 Å². The van der Waals surface area contributed by atoms with Gasteiger partial charge in [0.15, 0.2) is 0 Å². The Kier molecular flexibility index (Phi) is 3.96. The zero-order chi connectivity index (χ0) is 16.4. The van der Waals surface area contributed by atoms with Crippen molar-refractivity contribution in [3.8, 4) is 22.9 Å². The number of hydrogen-bond donors (Lipinski definition) is 1. The second-order valence-electron chi connectivity index (χ2n) is 5.40. The molecule has 0 bridgehead atoms. The van der Waals surface area contributed by atoms with Crippen molar-refractivity contribution < 1.29 is 9.84 Å². The Labute approximate surface area is 133 Å². The van der Waals surface area contributed by atoms with Crippen molar-refractivity contribution in [3.05, 3.63) is 48.0 Å². The van der Waals surface area contributed by atoms with Gasteiger partial charge in [-0.05, 0) is 26.0 Å². The molecule has 3 aromatic rings. The van der Waals surface area contributed by atoms with Crippen molar-refractivity contribution in [3.63, 3.8) is 0 Å². The summed E-state index contributed by atoms with van der Waals surface area (Å²) >= 11 is 0. The van der Waals surface area contributed by atoms with Crippen LogP contribution in [0.3, 0.4) is 0 Å². The van der Waals surface area contributed by atoms with Gasteiger partial charge in [-0.2, -0.15) is 10.4 Å². The van der Waals surface area contributed by atoms with E-state index in [1.165, 1.54) is 6.20 Å². The summed E-state index contributed by atoms with van der Waals surface area (Å²) in [6.45, 7) is 3.76. The number of pyridine rings is 2. The predicted molar refractivity (Wildman–Crippen MR) is 85.1 cm³/mol. The lowest BCUT2D eigenvalue weighted by atomic mass is 10.1. The molecule has 0 aliphatic carbocycles. The van der Waals surface area contributed by atoms with Crippen LogP contribution in [0.4, 0.5) is 0 Å². The van der Waals surface area contributed by atoms with Gasteiger partial charge >= 0.3 is 0 Å². The van der Waals surface area contributed by atoms with Crippen LogP contribution in [-0.2, 0) is 0 Å². The molecule has 0 aliphatic rings. The molecule has 0 amide bonds. The lowest BCUT2D eigenvalue weighted by Crippen LogP contribution is -2.13. The summed E-state index contributed by atoms with van der Waals surface area (Å²) in [5.74, 6) is 0.571. The van der Waals surface area contributed by atoms with E-state index < -0.39 is 6.10 Å². The first-order chi connectivity index (χ1) is 11.1. The number of nitriles is 1. The molecule has 116 valence electrons. The van der Waals surface area contributed by atoms with Gasteiger partial charge in [0.25, 0.3) is 0 Å². The van der Waals surface area contributed by atoms with Gasteiger partial charge in [-0.1, -0.05) is 6.07 Å². The lowest BCUT2D eigenvalue weighted by Gasteiger charge is -2.12. The average Bonchev–Trinajstić information content (AvgIpc) is 2.96. The van der Waals surface area contributed by atoms with E-state index in [1.54, 1.807) is 23.8 Å². The molecule has 6 nitrogen and oxygen atoms in total. The van der Waals surface area contributed by atoms with Gasteiger partial charge in [-0.3, -0.25) is 4.98 Å². The Morgan fingerprint density at radius 2 is 2.22 bits per heavy atom. The number of hydrogen-bond acceptors (Lipinski definition) is 5. The minimum atomic E-state index is -0.567. The second-order valence-corrected chi connectivity index (χ2v) is 5.40. The quantitative estimate of drug-likeness (QED) is 0.799. The lowest BCUT2D eigenvalue weighted by molar-refractivity contribution is 0.122. The van der Waals surface area contributed by atoms with E-state index in [4.69, 9.17) is 4.74 Å². The van der Waals surface area contributed by atoms with Gasteiger partial charge in [0, 0.05) is 23.0 Å². The van der Waals surface area contributed by atoms with Crippen molar-refractivity contribution >= 4 is 5.52 Å². The highest BCUT2D eigenvalue weighted by molar-refractivity contribution is 5.84. The first-order valence-electron chi connectivity index (χ1n) is 7.24. The fraction of sp³-hybridized carbons (Fsp3) is 0.235. The average molecular weight is 308 g/mol. The number of fused-ring (bicyclic) bond motifs is 1. The molecule has 1 atom stereocenters. The third kappa shape index (κ3) is 3.00. The molecule has 6 heteroatoms. The van der Waals surface area contributed by atoms with Gasteiger partial charge in [0.1, 0.15) is 18.4 Å². The summed E-state index contributed by atoms with van der Waals surface area (Å²) in [7, 11) is 0. The summed E-state index contributed by atoms with van der Waals surface area (Å²) in [5, 5.41) is 22.9. The van der Waals surface area contributed by atoms with Gasteiger partial charge < -0.3 is 9.84 Å². The predicted octanol–water partition coefficient (Wildman–Crippen LogP) is 2.34. The molecule has 1 N–H and O–H groups in total. The zero-order valence-corrected chi connectivity index (χ0v) is 12.9. The highest BCUT2D eigenvalue weighted by Crippen LogP contribution is 2.30. The first-order valence-corrected chi connectivity index (χ1v) is 7.24. The molecular formula is C17H16N4O2. The highest BCUT2D eigenvalue weighted by Gasteiger charge is 2.14. The van der Waals surface area contributed by atoms with Crippen molar-refractivity contribution in [2.75, 3.05) is 6.61 Å². The van der Waals surface area contributed by atoms with E-state index in [1.807, 2.05) is 25.1 Å². The molecule has 3 rings (SSSR count). The molecule has 0 saturated carbocycles. The summed E-state index contributed by atoms with van der Waals surface area (Å²) in [6, 6.07) is 7.86. The Balaban J connectivity index is 2.17. The van der Waals surface area contributed by atoms with Crippen LogP contribution in [-0.4, -0.2) is 32.4 Å². The molecule has 0 fully saturated rings. The molecule has 0 spiro atoms. The van der Waals surface area contributed by atoms with Gasteiger partial charge in [-0.25, -0.2) is 4.52 Å². The largest absolute Gasteiger partial charge is 0.489 e. The van der Waals surface area contributed by atoms with Crippen LogP contribution in [0.25, 0.3) is 16.6 Å². The third-order valence-corrected chi connectivity index (χ3v) is 3.42. The van der Waals surface area contributed by atoms with Crippen LogP contribution >= 0.6 is 0 Å². The Bertz CT molecular complexity index is 876. The number of aliphatic hydroxyl groups is 1. The minimum Gasteiger partial charge on any atom is -0.489 e. The number of nitrogens with zero attached hydrogens (tertiary/aromatic N) is 4. The minimum absolute atomic E-state index is 0.184. The van der Waals surface area contributed by atoms with Crippen molar-refractivity contribution in [2.45, 2.75) is 20.0 Å². The van der Waals surface area contributed by atoms with E-state index in [2.05, 4.69) is 16.2 Å². The number of aliphatic hydroxyl groups excluding tert-OH is 1. The standard InChI is InChI=1S/C17H16N4O2/c1-11-3-4-13(7-19-11)16-5-15(23-10-12(2)22)9-21-17(16)14(6-18)8-20-21/h3-5,7-9,12,22H,10H2,1-2H3/t12-/m1/s1. The summed E-state index contributed by atoms with van der Waals surface area (Å²) < 4.78 is 7.21. The van der Waals surface area contributed by atoms with Crippen LogP contribution in [0.1, 0.15) is 18.2 Å².